The van der Waals surface area contributed by atoms with Crippen LogP contribution in [0.5, 0.6) is 17.2 Å². The maximum atomic E-state index is 13.7. The van der Waals surface area contributed by atoms with Crippen LogP contribution in [0.15, 0.2) is 42.0 Å². The Hall–Kier alpha value is -4.38. The summed E-state index contributed by atoms with van der Waals surface area (Å²) in [5.74, 6) is -0.966. The first-order valence-electron chi connectivity index (χ1n) is 14.3. The Morgan fingerprint density at radius 2 is 1.88 bits per heavy atom. The van der Waals surface area contributed by atoms with Gasteiger partial charge in [-0.05, 0) is 75.6 Å². The second-order valence-corrected chi connectivity index (χ2v) is 11.2. The lowest BCUT2D eigenvalue weighted by Gasteiger charge is -2.24. The summed E-state index contributed by atoms with van der Waals surface area (Å²) >= 11 is 0.954. The van der Waals surface area contributed by atoms with E-state index in [2.05, 4.69) is 4.98 Å². The summed E-state index contributed by atoms with van der Waals surface area (Å²) in [6.07, 6.45) is 1.44. The number of hydrogen-bond acceptors (Lipinski definition) is 10. The predicted octanol–water partition coefficient (Wildman–Crippen LogP) is 5.77. The highest BCUT2D eigenvalue weighted by molar-refractivity contribution is 7.17. The molecule has 1 fully saturated rings. The Bertz CT molecular complexity index is 1610. The molecule has 2 atom stereocenters. The number of aryl methyl sites for hydroxylation is 1. The number of hydrogen-bond donors (Lipinski definition) is 1. The fourth-order valence-corrected chi connectivity index (χ4v) is 6.22. The number of ketones is 1. The first kappa shape index (κ1) is 30.1. The third-order valence-electron chi connectivity index (χ3n) is 7.11. The summed E-state index contributed by atoms with van der Waals surface area (Å²) in [7, 11) is 0. The first-order valence-corrected chi connectivity index (χ1v) is 15.1. The van der Waals surface area contributed by atoms with Gasteiger partial charge >= 0.3 is 11.9 Å². The lowest BCUT2D eigenvalue weighted by molar-refractivity contribution is -0.132. The number of aromatic nitrogens is 1. The van der Waals surface area contributed by atoms with Crippen LogP contribution in [0.1, 0.15) is 72.2 Å². The van der Waals surface area contributed by atoms with E-state index in [1.54, 1.807) is 50.2 Å². The molecule has 3 aromatic rings. The van der Waals surface area contributed by atoms with Crippen LogP contribution in [0, 0.1) is 6.92 Å². The molecule has 226 valence electrons. The van der Waals surface area contributed by atoms with Crippen molar-refractivity contribution in [2.24, 2.45) is 0 Å². The Balaban J connectivity index is 1.68. The molecule has 0 bridgehead atoms. The monoisotopic (exact) mass is 606 g/mol. The van der Waals surface area contributed by atoms with Crippen molar-refractivity contribution in [3.63, 3.8) is 0 Å². The molecule has 1 saturated heterocycles. The maximum Gasteiger partial charge on any atom is 0.350 e. The third-order valence-corrected chi connectivity index (χ3v) is 8.25. The van der Waals surface area contributed by atoms with Gasteiger partial charge in [0.25, 0.3) is 5.78 Å². The van der Waals surface area contributed by atoms with E-state index in [-0.39, 0.29) is 34.1 Å². The van der Waals surface area contributed by atoms with Crippen LogP contribution in [0.25, 0.3) is 5.76 Å². The Morgan fingerprint density at radius 1 is 1.09 bits per heavy atom. The number of esters is 1. The topological polar surface area (TPSA) is 124 Å². The minimum Gasteiger partial charge on any atom is -0.507 e. The number of amides is 1. The van der Waals surface area contributed by atoms with Crippen molar-refractivity contribution in [2.45, 2.75) is 59.6 Å². The molecule has 1 amide bonds. The summed E-state index contributed by atoms with van der Waals surface area (Å²) < 4.78 is 22.7. The molecule has 2 aliphatic heterocycles. The van der Waals surface area contributed by atoms with Gasteiger partial charge in [0.15, 0.2) is 16.6 Å². The number of rotatable bonds is 10. The predicted molar refractivity (Wildman–Crippen MR) is 161 cm³/mol. The van der Waals surface area contributed by atoms with Crippen LogP contribution < -0.4 is 19.1 Å². The van der Waals surface area contributed by atoms with Gasteiger partial charge in [-0.1, -0.05) is 24.3 Å². The van der Waals surface area contributed by atoms with E-state index in [0.29, 0.717) is 48.0 Å². The Labute approximate surface area is 253 Å². The molecular weight excluding hydrogens is 572 g/mol. The minimum atomic E-state index is -1.07. The third kappa shape index (κ3) is 5.69. The van der Waals surface area contributed by atoms with Crippen LogP contribution in [0.2, 0.25) is 0 Å². The number of Topliss-reactive ketones (excluding diaryl/α,β-unsaturated/α-hetero) is 1. The summed E-state index contributed by atoms with van der Waals surface area (Å²) in [6.45, 7) is 10.1. The van der Waals surface area contributed by atoms with E-state index in [1.165, 1.54) is 4.90 Å². The van der Waals surface area contributed by atoms with Crippen molar-refractivity contribution in [1.82, 2.24) is 4.98 Å². The maximum absolute atomic E-state index is 13.7. The number of anilines is 1. The van der Waals surface area contributed by atoms with Crippen LogP contribution in [0.4, 0.5) is 5.13 Å². The number of thiazole rings is 1. The summed E-state index contributed by atoms with van der Waals surface area (Å²) in [5.41, 5.74) is 2.04. The van der Waals surface area contributed by atoms with Crippen molar-refractivity contribution >= 4 is 39.9 Å². The van der Waals surface area contributed by atoms with E-state index >= 15 is 0 Å². The highest BCUT2D eigenvalue weighted by Crippen LogP contribution is 2.46. The van der Waals surface area contributed by atoms with E-state index < -0.39 is 23.7 Å². The second-order valence-electron chi connectivity index (χ2n) is 10.2. The summed E-state index contributed by atoms with van der Waals surface area (Å²) in [5, 5.41) is 11.8. The van der Waals surface area contributed by atoms with Crippen molar-refractivity contribution in [3.05, 3.63) is 69.2 Å². The van der Waals surface area contributed by atoms with E-state index in [0.717, 1.165) is 29.1 Å². The molecule has 2 unspecified atom stereocenters. The van der Waals surface area contributed by atoms with Gasteiger partial charge in [0.2, 0.25) is 0 Å². The molecule has 10 nitrogen and oxygen atoms in total. The zero-order chi connectivity index (χ0) is 30.8. The molecule has 2 aliphatic rings. The van der Waals surface area contributed by atoms with Crippen molar-refractivity contribution in [1.29, 1.82) is 0 Å². The number of nitrogens with zero attached hydrogens (tertiary/aromatic N) is 2. The second kappa shape index (κ2) is 12.5. The molecule has 0 radical (unpaired) electrons. The number of ether oxygens (including phenoxy) is 4. The summed E-state index contributed by atoms with van der Waals surface area (Å²) in [6, 6.07) is 9.28. The lowest BCUT2D eigenvalue weighted by Crippen LogP contribution is -2.29. The molecular formula is C32H34N2O8S. The molecule has 0 aliphatic carbocycles. The molecule has 1 aromatic heterocycles. The number of carbonyl (C=O) groups excluding carboxylic acids is 3. The smallest absolute Gasteiger partial charge is 0.350 e. The van der Waals surface area contributed by atoms with E-state index in [1.807, 2.05) is 20.8 Å². The SMILES string of the molecule is CCCOc1ccc(C2C(=C(O)c3ccc4c(c3)CC(C)O4)C(=O)C(=O)N2c2nc(C)c(C(=O)OCC)s2)cc1OCC. The summed E-state index contributed by atoms with van der Waals surface area (Å²) in [4.78, 5) is 46.0. The van der Waals surface area contributed by atoms with Crippen LogP contribution in [-0.2, 0) is 20.7 Å². The zero-order valence-corrected chi connectivity index (χ0v) is 25.6. The molecule has 1 N–H and O–H groups in total. The van der Waals surface area contributed by atoms with Crippen LogP contribution in [-0.4, -0.2) is 53.7 Å². The van der Waals surface area contributed by atoms with Gasteiger partial charge in [0, 0.05) is 12.0 Å². The number of carbonyl (C=O) groups is 3. The van der Waals surface area contributed by atoms with Gasteiger partial charge in [0.05, 0.1) is 37.1 Å². The molecule has 0 spiro atoms. The highest BCUT2D eigenvalue weighted by Gasteiger charge is 2.49. The van der Waals surface area contributed by atoms with Gasteiger partial charge in [-0.15, -0.1) is 0 Å². The average molecular weight is 607 g/mol. The quantitative estimate of drug-likeness (QED) is 0.133. The fourth-order valence-electron chi connectivity index (χ4n) is 5.24. The van der Waals surface area contributed by atoms with Gasteiger partial charge in [-0.3, -0.25) is 14.5 Å². The van der Waals surface area contributed by atoms with Crippen molar-refractivity contribution < 1.29 is 38.4 Å². The molecule has 5 rings (SSSR count). The molecule has 0 saturated carbocycles. The highest BCUT2D eigenvalue weighted by atomic mass is 32.1. The van der Waals surface area contributed by atoms with Gasteiger partial charge in [0.1, 0.15) is 22.5 Å². The molecule has 2 aromatic carbocycles. The van der Waals surface area contributed by atoms with Gasteiger partial charge in [-0.2, -0.15) is 0 Å². The normalized spacial score (nSPS) is 18.9. The standard InChI is InChI=1S/C32H34N2O8S/c1-6-13-41-23-12-9-19(16-24(23)39-7-2)26-25(27(35)20-10-11-22-21(15-20)14-17(4)42-22)28(36)30(37)34(26)32-33-18(5)29(43-32)31(38)40-8-3/h9-12,15-17,26,35H,6-8,13-14H2,1-5H3. The van der Waals surface area contributed by atoms with Crippen molar-refractivity contribution in [3.8, 4) is 17.2 Å². The Kier molecular flexibility index (Phi) is 8.72. The number of fused-ring (bicyclic) bond motifs is 1. The largest absolute Gasteiger partial charge is 0.507 e. The number of benzene rings is 2. The molecule has 3 heterocycles. The van der Waals surface area contributed by atoms with E-state index in [4.69, 9.17) is 18.9 Å². The minimum absolute atomic E-state index is 0.00913. The van der Waals surface area contributed by atoms with Crippen molar-refractivity contribution in [2.75, 3.05) is 24.7 Å². The van der Waals surface area contributed by atoms with Gasteiger partial charge in [-0.25, -0.2) is 9.78 Å². The molecule has 43 heavy (non-hydrogen) atoms. The van der Waals surface area contributed by atoms with E-state index in [9.17, 15) is 19.5 Å². The first-order chi connectivity index (χ1) is 20.7. The lowest BCUT2D eigenvalue weighted by atomic mass is 9.94. The average Bonchev–Trinajstić information content (AvgIpc) is 3.63. The number of aliphatic hydroxyl groups excluding tert-OH is 1. The van der Waals surface area contributed by atoms with Crippen LogP contribution >= 0.6 is 11.3 Å². The Morgan fingerprint density at radius 3 is 2.60 bits per heavy atom. The van der Waals surface area contributed by atoms with Gasteiger partial charge < -0.3 is 24.1 Å². The fraction of sp³-hybridized carbons (Fsp3) is 0.375. The van der Waals surface area contributed by atoms with Crippen LogP contribution in [0.3, 0.4) is 0 Å². The zero-order valence-electron chi connectivity index (χ0n) is 24.8. The number of aliphatic hydroxyl groups is 1. The molecule has 11 heteroatoms.